The molecule has 6 unspecified atom stereocenters. The van der Waals surface area contributed by atoms with Crippen molar-refractivity contribution in [3.63, 3.8) is 0 Å². The van der Waals surface area contributed by atoms with Crippen molar-refractivity contribution in [1.82, 2.24) is 0 Å². The maximum atomic E-state index is 6.76. The van der Waals surface area contributed by atoms with Gasteiger partial charge < -0.3 is 23.7 Å². The molecule has 4 heterocycles. The third-order valence-electron chi connectivity index (χ3n) is 6.95. The molecule has 0 bridgehead atoms. The second-order valence-electron chi connectivity index (χ2n) is 8.53. The van der Waals surface area contributed by atoms with Crippen LogP contribution >= 0.6 is 0 Å². The van der Waals surface area contributed by atoms with Crippen LogP contribution in [0.4, 0.5) is 0 Å². The van der Waals surface area contributed by atoms with Crippen LogP contribution in [-0.2, 0) is 23.7 Å². The Morgan fingerprint density at radius 2 is 1.13 bits per heavy atom. The molecule has 0 aromatic heterocycles. The highest BCUT2D eigenvalue weighted by Gasteiger charge is 2.81. The third-order valence-corrected chi connectivity index (χ3v) is 6.95. The van der Waals surface area contributed by atoms with Crippen LogP contribution in [-0.4, -0.2) is 48.2 Å². The fourth-order valence-electron chi connectivity index (χ4n) is 5.46. The highest BCUT2D eigenvalue weighted by molar-refractivity contribution is 5.20. The van der Waals surface area contributed by atoms with E-state index in [0.29, 0.717) is 12.2 Å². The second kappa shape index (κ2) is 4.31. The predicted molar refractivity (Wildman–Crippen MR) is 79.8 cm³/mol. The van der Waals surface area contributed by atoms with Crippen molar-refractivity contribution in [2.24, 2.45) is 0 Å². The van der Waals surface area contributed by atoms with Crippen molar-refractivity contribution >= 4 is 0 Å². The molecule has 5 nitrogen and oxygen atoms in total. The molecule has 6 fully saturated rings. The summed E-state index contributed by atoms with van der Waals surface area (Å²) in [5, 5.41) is 0. The van der Waals surface area contributed by atoms with Crippen LogP contribution in [0.1, 0.15) is 64.2 Å². The van der Waals surface area contributed by atoms with Gasteiger partial charge in [0.25, 0.3) is 0 Å². The maximum absolute atomic E-state index is 6.76. The Morgan fingerprint density at radius 3 is 1.57 bits per heavy atom. The highest BCUT2D eigenvalue weighted by Crippen LogP contribution is 2.69. The molecule has 0 N–H and O–H groups in total. The molecule has 6 atom stereocenters. The molecule has 2 saturated carbocycles. The molecule has 0 radical (unpaired) electrons. The number of epoxide rings is 4. The number of fused-ring (bicyclic) bond motifs is 2. The van der Waals surface area contributed by atoms with Gasteiger partial charge in [0.05, 0.1) is 25.4 Å². The van der Waals surface area contributed by atoms with Crippen molar-refractivity contribution in [2.45, 2.75) is 99.2 Å². The zero-order valence-corrected chi connectivity index (χ0v) is 13.7. The zero-order valence-electron chi connectivity index (χ0n) is 13.7. The third kappa shape index (κ3) is 1.97. The van der Waals surface area contributed by atoms with E-state index in [2.05, 4.69) is 0 Å². The molecular formula is C18H26O5. The summed E-state index contributed by atoms with van der Waals surface area (Å²) in [6, 6.07) is 0. The Balaban J connectivity index is 1.24. The van der Waals surface area contributed by atoms with Crippen molar-refractivity contribution < 1.29 is 23.7 Å². The van der Waals surface area contributed by atoms with Crippen LogP contribution < -0.4 is 0 Å². The minimum Gasteiger partial charge on any atom is -0.373 e. The monoisotopic (exact) mass is 322 g/mol. The normalized spacial score (nSPS) is 59.0. The van der Waals surface area contributed by atoms with Gasteiger partial charge in [-0.15, -0.1) is 0 Å². The van der Waals surface area contributed by atoms with Gasteiger partial charge in [-0.1, -0.05) is 12.8 Å². The largest absolute Gasteiger partial charge is 0.373 e. The van der Waals surface area contributed by atoms with E-state index in [1.807, 2.05) is 0 Å². The summed E-state index contributed by atoms with van der Waals surface area (Å²) >= 11 is 0. The van der Waals surface area contributed by atoms with E-state index in [4.69, 9.17) is 23.7 Å². The van der Waals surface area contributed by atoms with Gasteiger partial charge in [-0.25, -0.2) is 0 Å². The van der Waals surface area contributed by atoms with Crippen LogP contribution in [0.5, 0.6) is 0 Å². The Morgan fingerprint density at radius 1 is 0.696 bits per heavy atom. The van der Waals surface area contributed by atoms with Crippen LogP contribution in [0.15, 0.2) is 0 Å². The number of rotatable bonds is 6. The van der Waals surface area contributed by atoms with Crippen molar-refractivity contribution in [2.75, 3.05) is 13.2 Å². The Bertz CT molecular complexity index is 486. The maximum Gasteiger partial charge on any atom is 0.201 e. The molecule has 6 aliphatic rings. The van der Waals surface area contributed by atoms with E-state index in [0.717, 1.165) is 51.7 Å². The van der Waals surface area contributed by atoms with Crippen molar-refractivity contribution in [1.29, 1.82) is 0 Å². The lowest BCUT2D eigenvalue weighted by atomic mass is 9.81. The molecule has 0 aromatic carbocycles. The van der Waals surface area contributed by atoms with Gasteiger partial charge in [-0.3, -0.25) is 0 Å². The summed E-state index contributed by atoms with van der Waals surface area (Å²) in [6.45, 7) is 1.79. The lowest BCUT2D eigenvalue weighted by Crippen LogP contribution is -2.42. The van der Waals surface area contributed by atoms with Gasteiger partial charge in [0, 0.05) is 25.7 Å². The predicted octanol–water partition coefficient (Wildman–Crippen LogP) is 2.66. The SMILES string of the molecule is C1CCC2(OC34CCCCC3(CC3CO3)O4)OC2(CC2CO2)C1. The molecule has 4 saturated heterocycles. The van der Waals surface area contributed by atoms with Gasteiger partial charge in [0.1, 0.15) is 11.2 Å². The summed E-state index contributed by atoms with van der Waals surface area (Å²) in [6.07, 6.45) is 11.9. The summed E-state index contributed by atoms with van der Waals surface area (Å²) in [7, 11) is 0. The Kier molecular flexibility index (Phi) is 2.62. The first-order valence-electron chi connectivity index (χ1n) is 9.53. The number of ether oxygens (including phenoxy) is 5. The van der Waals surface area contributed by atoms with Gasteiger partial charge in [0.15, 0.2) is 0 Å². The van der Waals surface area contributed by atoms with Gasteiger partial charge in [0.2, 0.25) is 11.6 Å². The standard InChI is InChI=1S/C18H26O5/c1-3-7-17(15(5-1,21-17)9-13-11-19-13)23-18-8-4-2-6-16(18,22-18)10-14-12-20-14/h13-14H,1-12H2. The van der Waals surface area contributed by atoms with E-state index >= 15 is 0 Å². The number of hydrogen-bond donors (Lipinski definition) is 0. The summed E-state index contributed by atoms with van der Waals surface area (Å²) in [5.74, 6) is -0.776. The van der Waals surface area contributed by atoms with Crippen LogP contribution in [0.2, 0.25) is 0 Å². The molecule has 5 heteroatoms. The highest BCUT2D eigenvalue weighted by atomic mass is 16.9. The smallest absolute Gasteiger partial charge is 0.201 e. The van der Waals surface area contributed by atoms with E-state index in [-0.39, 0.29) is 22.8 Å². The second-order valence-corrected chi connectivity index (χ2v) is 8.53. The van der Waals surface area contributed by atoms with Crippen molar-refractivity contribution in [3.05, 3.63) is 0 Å². The molecular weight excluding hydrogens is 296 g/mol. The fraction of sp³-hybridized carbons (Fsp3) is 1.00. The minimum atomic E-state index is -0.388. The molecule has 2 aliphatic carbocycles. The fourth-order valence-corrected chi connectivity index (χ4v) is 5.46. The number of hydrogen-bond acceptors (Lipinski definition) is 5. The van der Waals surface area contributed by atoms with Gasteiger partial charge >= 0.3 is 0 Å². The van der Waals surface area contributed by atoms with Crippen LogP contribution in [0.25, 0.3) is 0 Å². The summed E-state index contributed by atoms with van der Waals surface area (Å²) < 4.78 is 30.4. The first kappa shape index (κ1) is 14.0. The average Bonchev–Trinajstić information content (AvgIpc) is 3.34. The lowest BCUT2D eigenvalue weighted by Gasteiger charge is -2.31. The van der Waals surface area contributed by atoms with Gasteiger partial charge in [-0.05, 0) is 25.7 Å². The molecule has 6 rings (SSSR count). The molecule has 0 spiro atoms. The van der Waals surface area contributed by atoms with Gasteiger partial charge in [-0.2, -0.15) is 0 Å². The van der Waals surface area contributed by atoms with Crippen LogP contribution in [0.3, 0.4) is 0 Å². The molecule has 128 valence electrons. The van der Waals surface area contributed by atoms with Crippen molar-refractivity contribution in [3.8, 4) is 0 Å². The minimum absolute atomic E-state index is 0.0909. The molecule has 0 aromatic rings. The lowest BCUT2D eigenvalue weighted by molar-refractivity contribution is -0.164. The average molecular weight is 322 g/mol. The summed E-state index contributed by atoms with van der Waals surface area (Å²) in [5.41, 5.74) is -0.182. The summed E-state index contributed by atoms with van der Waals surface area (Å²) in [4.78, 5) is 0. The Hall–Kier alpha value is -0.200. The quantitative estimate of drug-likeness (QED) is 0.704. The van der Waals surface area contributed by atoms with E-state index in [1.165, 1.54) is 25.7 Å². The van der Waals surface area contributed by atoms with E-state index < -0.39 is 0 Å². The van der Waals surface area contributed by atoms with Crippen LogP contribution in [0, 0.1) is 0 Å². The topological polar surface area (TPSA) is 59.4 Å². The zero-order chi connectivity index (χ0) is 15.2. The molecule has 23 heavy (non-hydrogen) atoms. The first-order chi connectivity index (χ1) is 11.2. The molecule has 4 aliphatic heterocycles. The van der Waals surface area contributed by atoms with E-state index in [1.54, 1.807) is 0 Å². The van der Waals surface area contributed by atoms with E-state index in [9.17, 15) is 0 Å². The molecule has 0 amide bonds. The Labute approximate surface area is 136 Å². The first-order valence-corrected chi connectivity index (χ1v) is 9.53.